The lowest BCUT2D eigenvalue weighted by Crippen LogP contribution is -2.43. The van der Waals surface area contributed by atoms with Crippen molar-refractivity contribution >= 4 is 17.6 Å². The minimum absolute atomic E-state index is 0.107. The molecule has 3 rings (SSSR count). The standard InChI is InChI=1S/C15H18ClNO3/c1-19-14(18)15(6-7-15)17-8-5-13(10-17)20-12-4-2-3-11(16)9-12/h2-4,9,13H,5-8,10H2,1H3/t13-/m1/s1. The van der Waals surface area contributed by atoms with Gasteiger partial charge in [-0.25, -0.2) is 0 Å². The lowest BCUT2D eigenvalue weighted by Gasteiger charge is -2.25. The third kappa shape index (κ3) is 2.50. The summed E-state index contributed by atoms with van der Waals surface area (Å²) in [6.07, 6.45) is 2.81. The van der Waals surface area contributed by atoms with Crippen LogP contribution in [0.5, 0.6) is 5.75 Å². The molecule has 2 fully saturated rings. The highest BCUT2D eigenvalue weighted by Gasteiger charge is 2.57. The summed E-state index contributed by atoms with van der Waals surface area (Å²) in [7, 11) is 1.46. The normalized spacial score (nSPS) is 24.4. The van der Waals surface area contributed by atoms with Gasteiger partial charge in [0.15, 0.2) is 0 Å². The van der Waals surface area contributed by atoms with Gasteiger partial charge in [-0.1, -0.05) is 17.7 Å². The Bertz CT molecular complexity index is 516. The highest BCUT2D eigenvalue weighted by molar-refractivity contribution is 6.30. The van der Waals surface area contributed by atoms with Gasteiger partial charge in [-0.3, -0.25) is 9.69 Å². The van der Waals surface area contributed by atoms with Gasteiger partial charge in [0, 0.05) is 18.1 Å². The van der Waals surface area contributed by atoms with Gasteiger partial charge >= 0.3 is 5.97 Å². The number of rotatable bonds is 4. The molecule has 4 nitrogen and oxygen atoms in total. The molecule has 0 amide bonds. The summed E-state index contributed by atoms with van der Waals surface area (Å²) >= 11 is 5.95. The molecule has 0 N–H and O–H groups in total. The van der Waals surface area contributed by atoms with Gasteiger partial charge in [-0.05, 0) is 37.5 Å². The number of esters is 1. The molecule has 0 unspecified atom stereocenters. The second kappa shape index (κ2) is 5.26. The molecule has 1 aromatic carbocycles. The second-order valence-electron chi connectivity index (χ2n) is 5.46. The van der Waals surface area contributed by atoms with Gasteiger partial charge in [-0.15, -0.1) is 0 Å². The Morgan fingerprint density at radius 1 is 1.45 bits per heavy atom. The van der Waals surface area contributed by atoms with Crippen LogP contribution in [0.2, 0.25) is 5.02 Å². The van der Waals surface area contributed by atoms with Crippen LogP contribution in [0.3, 0.4) is 0 Å². The van der Waals surface area contributed by atoms with E-state index in [1.54, 1.807) is 0 Å². The fraction of sp³-hybridized carbons (Fsp3) is 0.533. The maximum atomic E-state index is 11.9. The number of hydrogen-bond acceptors (Lipinski definition) is 4. The lowest BCUT2D eigenvalue weighted by atomic mass is 10.2. The number of nitrogens with zero attached hydrogens (tertiary/aromatic N) is 1. The molecule has 2 aliphatic rings. The minimum Gasteiger partial charge on any atom is -0.489 e. The number of carbonyl (C=O) groups excluding carboxylic acids is 1. The number of likely N-dealkylation sites (tertiary alicyclic amines) is 1. The van der Waals surface area contributed by atoms with Crippen LogP contribution >= 0.6 is 11.6 Å². The van der Waals surface area contributed by atoms with E-state index in [-0.39, 0.29) is 17.6 Å². The van der Waals surface area contributed by atoms with Gasteiger partial charge in [0.05, 0.1) is 7.11 Å². The number of halogens is 1. The van der Waals surface area contributed by atoms with Crippen LogP contribution in [0.4, 0.5) is 0 Å². The third-order valence-electron chi connectivity index (χ3n) is 4.14. The molecule has 5 heteroatoms. The SMILES string of the molecule is COC(=O)C1(N2CC[C@@H](Oc3cccc(Cl)c3)C2)CC1. The zero-order valence-corrected chi connectivity index (χ0v) is 12.2. The van der Waals surface area contributed by atoms with E-state index in [2.05, 4.69) is 4.90 Å². The monoisotopic (exact) mass is 295 g/mol. The van der Waals surface area contributed by atoms with Crippen molar-refractivity contribution < 1.29 is 14.3 Å². The summed E-state index contributed by atoms with van der Waals surface area (Å²) in [5, 5.41) is 0.672. The first kappa shape index (κ1) is 13.7. The van der Waals surface area contributed by atoms with Gasteiger partial charge in [0.1, 0.15) is 17.4 Å². The summed E-state index contributed by atoms with van der Waals surface area (Å²) < 4.78 is 10.9. The topological polar surface area (TPSA) is 38.8 Å². The van der Waals surface area contributed by atoms with Crippen LogP contribution in [-0.2, 0) is 9.53 Å². The first-order valence-electron chi connectivity index (χ1n) is 6.90. The number of hydrogen-bond donors (Lipinski definition) is 0. The first-order valence-corrected chi connectivity index (χ1v) is 7.27. The second-order valence-corrected chi connectivity index (χ2v) is 5.89. The Morgan fingerprint density at radius 2 is 2.25 bits per heavy atom. The maximum Gasteiger partial charge on any atom is 0.326 e. The lowest BCUT2D eigenvalue weighted by molar-refractivity contribution is -0.148. The molecular weight excluding hydrogens is 278 g/mol. The molecule has 1 aromatic rings. The highest BCUT2D eigenvalue weighted by Crippen LogP contribution is 2.44. The summed E-state index contributed by atoms with van der Waals surface area (Å²) in [5.74, 6) is 0.674. The van der Waals surface area contributed by atoms with Crippen molar-refractivity contribution in [3.05, 3.63) is 29.3 Å². The predicted molar refractivity (Wildman–Crippen MR) is 76.0 cm³/mol. The Labute approximate surface area is 123 Å². The molecule has 1 aliphatic heterocycles. The maximum absolute atomic E-state index is 11.9. The molecule has 108 valence electrons. The van der Waals surface area contributed by atoms with Crippen LogP contribution < -0.4 is 4.74 Å². The molecule has 0 bridgehead atoms. The number of carbonyl (C=O) groups is 1. The average molecular weight is 296 g/mol. The fourth-order valence-electron chi connectivity index (χ4n) is 2.90. The quantitative estimate of drug-likeness (QED) is 0.800. The van der Waals surface area contributed by atoms with E-state index in [9.17, 15) is 4.79 Å². The van der Waals surface area contributed by atoms with Crippen LogP contribution in [-0.4, -0.2) is 42.7 Å². The van der Waals surface area contributed by atoms with Crippen LogP contribution in [0, 0.1) is 0 Å². The molecule has 0 aromatic heterocycles. The van der Waals surface area contributed by atoms with E-state index in [4.69, 9.17) is 21.1 Å². The smallest absolute Gasteiger partial charge is 0.326 e. The van der Waals surface area contributed by atoms with Crippen molar-refractivity contribution in [1.29, 1.82) is 0 Å². The summed E-state index contributed by atoms with van der Waals surface area (Å²) in [5.41, 5.74) is -0.374. The van der Waals surface area contributed by atoms with Crippen molar-refractivity contribution in [2.75, 3.05) is 20.2 Å². The van der Waals surface area contributed by atoms with Crippen LogP contribution in [0.1, 0.15) is 19.3 Å². The first-order chi connectivity index (χ1) is 9.64. The van der Waals surface area contributed by atoms with E-state index in [0.29, 0.717) is 5.02 Å². The van der Waals surface area contributed by atoms with Crippen molar-refractivity contribution in [1.82, 2.24) is 4.90 Å². The molecular formula is C15H18ClNO3. The van der Waals surface area contributed by atoms with E-state index in [0.717, 1.165) is 38.1 Å². The molecule has 1 aliphatic carbocycles. The molecule has 1 saturated carbocycles. The number of benzene rings is 1. The van der Waals surface area contributed by atoms with E-state index < -0.39 is 0 Å². The zero-order chi connectivity index (χ0) is 14.2. The van der Waals surface area contributed by atoms with Crippen molar-refractivity contribution in [3.63, 3.8) is 0 Å². The van der Waals surface area contributed by atoms with Gasteiger partial charge < -0.3 is 9.47 Å². The highest BCUT2D eigenvalue weighted by atomic mass is 35.5. The van der Waals surface area contributed by atoms with Crippen molar-refractivity contribution in [3.8, 4) is 5.75 Å². The van der Waals surface area contributed by atoms with Gasteiger partial charge in [-0.2, -0.15) is 0 Å². The van der Waals surface area contributed by atoms with Gasteiger partial charge in [0.2, 0.25) is 0 Å². The average Bonchev–Trinajstić information content (AvgIpc) is 3.13. The molecule has 1 saturated heterocycles. The molecule has 0 radical (unpaired) electrons. The largest absolute Gasteiger partial charge is 0.489 e. The Balaban J connectivity index is 1.62. The van der Waals surface area contributed by atoms with Crippen molar-refractivity contribution in [2.24, 2.45) is 0 Å². The Hall–Kier alpha value is -1.26. The molecule has 1 heterocycles. The van der Waals surface area contributed by atoms with Crippen LogP contribution in [0.25, 0.3) is 0 Å². The summed E-state index contributed by atoms with van der Waals surface area (Å²) in [6.45, 7) is 1.64. The summed E-state index contributed by atoms with van der Waals surface area (Å²) in [6, 6.07) is 7.42. The van der Waals surface area contributed by atoms with E-state index in [1.165, 1.54) is 7.11 Å². The predicted octanol–water partition coefficient (Wildman–Crippen LogP) is 2.50. The molecule has 0 spiro atoms. The fourth-order valence-corrected chi connectivity index (χ4v) is 3.08. The van der Waals surface area contributed by atoms with Crippen LogP contribution in [0.15, 0.2) is 24.3 Å². The minimum atomic E-state index is -0.374. The molecule has 1 atom stereocenters. The van der Waals surface area contributed by atoms with E-state index in [1.807, 2.05) is 24.3 Å². The third-order valence-corrected chi connectivity index (χ3v) is 4.37. The number of ether oxygens (including phenoxy) is 2. The van der Waals surface area contributed by atoms with Gasteiger partial charge in [0.25, 0.3) is 0 Å². The van der Waals surface area contributed by atoms with Crippen molar-refractivity contribution in [2.45, 2.75) is 30.9 Å². The zero-order valence-electron chi connectivity index (χ0n) is 11.5. The number of methoxy groups -OCH3 is 1. The Morgan fingerprint density at radius 3 is 2.90 bits per heavy atom. The Kier molecular flexibility index (Phi) is 3.61. The van der Waals surface area contributed by atoms with E-state index >= 15 is 0 Å². The molecule has 20 heavy (non-hydrogen) atoms. The summed E-state index contributed by atoms with van der Waals surface area (Å²) in [4.78, 5) is 14.1.